The van der Waals surface area contributed by atoms with Crippen LogP contribution in [0.15, 0.2) is 71.2 Å². The van der Waals surface area contributed by atoms with Crippen molar-refractivity contribution in [2.75, 3.05) is 0 Å². The quantitative estimate of drug-likeness (QED) is 0.296. The Morgan fingerprint density at radius 2 is 1.55 bits per heavy atom. The molecule has 0 aromatic heterocycles. The van der Waals surface area contributed by atoms with Crippen LogP contribution in [0.25, 0.3) is 11.1 Å². The number of halogens is 3. The van der Waals surface area contributed by atoms with Gasteiger partial charge in [0.05, 0.1) is 0 Å². The molecule has 0 amide bonds. The minimum Gasteiger partial charge on any atom is -1.00 e. The first-order valence-electron chi connectivity index (χ1n) is 6.30. The predicted molar refractivity (Wildman–Crippen MR) is 83.3 cm³/mol. The van der Waals surface area contributed by atoms with Crippen LogP contribution in [0, 0.1) is 6.07 Å². The minimum absolute atomic E-state index is 0. The summed E-state index contributed by atoms with van der Waals surface area (Å²) in [5.74, 6) is 0. The third kappa shape index (κ3) is 5.13. The van der Waals surface area contributed by atoms with Gasteiger partial charge < -0.3 is 24.8 Å². The summed E-state index contributed by atoms with van der Waals surface area (Å²) in [6.07, 6.45) is 1.02. The van der Waals surface area contributed by atoms with Crippen molar-refractivity contribution in [2.45, 2.75) is 6.42 Å². The van der Waals surface area contributed by atoms with Crippen molar-refractivity contribution in [1.29, 1.82) is 0 Å². The molecule has 0 spiro atoms. The van der Waals surface area contributed by atoms with Gasteiger partial charge in [-0.3, -0.25) is 0 Å². The molecular formula is C18H13BrCl2Zr. The molecule has 4 heteroatoms. The third-order valence-corrected chi connectivity index (χ3v) is 3.68. The van der Waals surface area contributed by atoms with E-state index in [2.05, 4.69) is 58.4 Å². The molecule has 0 saturated heterocycles. The molecule has 0 unspecified atom stereocenters. The maximum atomic E-state index is 3.45. The van der Waals surface area contributed by atoms with Crippen molar-refractivity contribution >= 4 is 15.9 Å². The van der Waals surface area contributed by atoms with Crippen LogP contribution in [0.4, 0.5) is 0 Å². The summed E-state index contributed by atoms with van der Waals surface area (Å²) in [4.78, 5) is 0. The molecule has 0 aliphatic heterocycles. The van der Waals surface area contributed by atoms with Gasteiger partial charge in [0, 0.05) is 0 Å². The zero-order valence-corrected chi connectivity index (χ0v) is 17.2. The summed E-state index contributed by atoms with van der Waals surface area (Å²) in [5, 5.41) is 0. The Balaban J connectivity index is 0.000000482. The molecule has 1 aliphatic carbocycles. The summed E-state index contributed by atoms with van der Waals surface area (Å²) in [6.45, 7) is 0. The third-order valence-electron chi connectivity index (χ3n) is 3.22. The van der Waals surface area contributed by atoms with Crippen molar-refractivity contribution in [2.24, 2.45) is 0 Å². The molecule has 0 atom stereocenters. The van der Waals surface area contributed by atoms with Gasteiger partial charge in [-0.05, 0) is 6.42 Å². The monoisotopic (exact) mass is 468 g/mol. The van der Waals surface area contributed by atoms with Gasteiger partial charge in [-0.1, -0.05) is 55.8 Å². The van der Waals surface area contributed by atoms with Gasteiger partial charge >= 0.3 is 26.2 Å². The summed E-state index contributed by atoms with van der Waals surface area (Å²) < 4.78 is 1.05. The first-order valence-corrected chi connectivity index (χ1v) is 7.09. The Labute approximate surface area is 171 Å². The SMILES string of the molecule is Brc1[c-]c2c(cc1)-c1ccccc1C2.[Cl-].[Cl-].[Zr+4].c1cc[cH-]c1. The Kier molecular flexibility index (Phi) is 10.4. The molecule has 4 rings (SSSR count). The van der Waals surface area contributed by atoms with Crippen molar-refractivity contribution in [3.05, 3.63) is 88.4 Å². The van der Waals surface area contributed by atoms with E-state index in [9.17, 15) is 0 Å². The van der Waals surface area contributed by atoms with E-state index in [-0.39, 0.29) is 51.0 Å². The fourth-order valence-electron chi connectivity index (χ4n) is 2.35. The average molecular weight is 471 g/mol. The van der Waals surface area contributed by atoms with Gasteiger partial charge in [0.25, 0.3) is 0 Å². The van der Waals surface area contributed by atoms with E-state index in [1.54, 1.807) is 0 Å². The van der Waals surface area contributed by atoms with Gasteiger partial charge in [0.1, 0.15) is 0 Å². The summed E-state index contributed by atoms with van der Waals surface area (Å²) >= 11 is 3.45. The first-order chi connectivity index (χ1) is 9.34. The number of hydrogen-bond donors (Lipinski definition) is 0. The normalized spacial score (nSPS) is 9.68. The Hall–Kier alpha value is -0.267. The van der Waals surface area contributed by atoms with E-state index in [1.807, 2.05) is 30.3 Å². The minimum atomic E-state index is 0. The molecule has 0 saturated carbocycles. The van der Waals surface area contributed by atoms with E-state index in [1.165, 1.54) is 22.3 Å². The Morgan fingerprint density at radius 3 is 2.18 bits per heavy atom. The average Bonchev–Trinajstić information content (AvgIpc) is 3.09. The fraction of sp³-hybridized carbons (Fsp3) is 0.0556. The van der Waals surface area contributed by atoms with Gasteiger partial charge in [-0.25, -0.2) is 12.1 Å². The smallest absolute Gasteiger partial charge is 1.00 e. The summed E-state index contributed by atoms with van der Waals surface area (Å²) in [5.41, 5.74) is 5.42. The van der Waals surface area contributed by atoms with Gasteiger partial charge in [-0.15, -0.1) is 11.1 Å². The second-order valence-corrected chi connectivity index (χ2v) is 5.35. The summed E-state index contributed by atoms with van der Waals surface area (Å²) in [6, 6.07) is 26.1. The standard InChI is InChI=1S/C13H8Br.C5H5.2ClH.Zr/c14-11-5-6-13-10(8-11)7-9-3-1-2-4-12(9)13;1-2-4-5-3-1;;;/h1-6H,7H2;1-5H;2*1H;/q2*-1;;;+4/p-2. The van der Waals surface area contributed by atoms with Gasteiger partial charge in [0.2, 0.25) is 0 Å². The van der Waals surface area contributed by atoms with E-state index < -0.39 is 0 Å². The van der Waals surface area contributed by atoms with Crippen LogP contribution in [0.1, 0.15) is 11.1 Å². The number of rotatable bonds is 0. The van der Waals surface area contributed by atoms with Crippen LogP contribution < -0.4 is 24.8 Å². The van der Waals surface area contributed by atoms with E-state index in [4.69, 9.17) is 0 Å². The molecule has 0 radical (unpaired) electrons. The summed E-state index contributed by atoms with van der Waals surface area (Å²) in [7, 11) is 0. The molecule has 0 heterocycles. The second kappa shape index (κ2) is 10.5. The molecule has 3 aromatic carbocycles. The van der Waals surface area contributed by atoms with Crippen LogP contribution in [-0.2, 0) is 32.6 Å². The van der Waals surface area contributed by atoms with Crippen LogP contribution >= 0.6 is 15.9 Å². The van der Waals surface area contributed by atoms with E-state index in [0.29, 0.717) is 0 Å². The van der Waals surface area contributed by atoms with E-state index >= 15 is 0 Å². The first kappa shape index (κ1) is 21.7. The molecule has 0 N–H and O–H groups in total. The molecule has 1 aliphatic rings. The maximum absolute atomic E-state index is 3.45. The topological polar surface area (TPSA) is 0 Å². The molecule has 22 heavy (non-hydrogen) atoms. The largest absolute Gasteiger partial charge is 4.00 e. The molecule has 110 valence electrons. The number of hydrogen-bond acceptors (Lipinski definition) is 0. The second-order valence-electron chi connectivity index (χ2n) is 4.49. The molecule has 0 bridgehead atoms. The van der Waals surface area contributed by atoms with Crippen molar-refractivity contribution in [1.82, 2.24) is 0 Å². The maximum Gasteiger partial charge on any atom is 4.00 e. The predicted octanol–water partition coefficient (Wildman–Crippen LogP) is -0.769. The van der Waals surface area contributed by atoms with E-state index in [0.717, 1.165) is 10.9 Å². The van der Waals surface area contributed by atoms with Crippen LogP contribution in [0.5, 0.6) is 0 Å². The molecule has 0 fully saturated rings. The zero-order valence-electron chi connectivity index (χ0n) is 11.7. The van der Waals surface area contributed by atoms with Crippen molar-refractivity contribution in [3.63, 3.8) is 0 Å². The molecular weight excluding hydrogens is 458 g/mol. The van der Waals surface area contributed by atoms with Gasteiger partial charge in [-0.2, -0.15) is 36.4 Å². The fourth-order valence-corrected chi connectivity index (χ4v) is 2.72. The number of fused-ring (bicyclic) bond motifs is 3. The molecule has 3 aromatic rings. The van der Waals surface area contributed by atoms with Crippen LogP contribution in [0.2, 0.25) is 0 Å². The Morgan fingerprint density at radius 1 is 0.864 bits per heavy atom. The zero-order chi connectivity index (χ0) is 13.1. The van der Waals surface area contributed by atoms with Crippen LogP contribution in [0.3, 0.4) is 0 Å². The molecule has 0 nitrogen and oxygen atoms in total. The van der Waals surface area contributed by atoms with Gasteiger partial charge in [0.15, 0.2) is 0 Å². The number of benzene rings is 2. The van der Waals surface area contributed by atoms with Crippen LogP contribution in [-0.4, -0.2) is 0 Å². The van der Waals surface area contributed by atoms with Crippen molar-refractivity contribution < 1.29 is 51.0 Å². The van der Waals surface area contributed by atoms with Crippen molar-refractivity contribution in [3.8, 4) is 11.1 Å². The Bertz CT molecular complexity index is 664.